The van der Waals surface area contributed by atoms with Crippen molar-refractivity contribution in [3.63, 3.8) is 0 Å². The van der Waals surface area contributed by atoms with E-state index in [1.54, 1.807) is 6.07 Å². The number of benzene rings is 1. The van der Waals surface area contributed by atoms with E-state index < -0.39 is 24.1 Å². The van der Waals surface area contributed by atoms with Crippen LogP contribution in [-0.2, 0) is 20.9 Å². The second kappa shape index (κ2) is 7.97. The molecule has 2 aromatic rings. The molecular weight excluding hydrogens is 392 g/mol. The van der Waals surface area contributed by atoms with Crippen molar-refractivity contribution in [2.24, 2.45) is 5.11 Å². The van der Waals surface area contributed by atoms with Crippen molar-refractivity contribution in [2.75, 3.05) is 31.7 Å². The molecule has 1 unspecified atom stereocenters. The van der Waals surface area contributed by atoms with Crippen LogP contribution in [0.4, 0.5) is 5.69 Å². The van der Waals surface area contributed by atoms with E-state index in [1.165, 1.54) is 18.1 Å². The van der Waals surface area contributed by atoms with E-state index in [1.807, 2.05) is 36.1 Å². The second-order valence-corrected chi connectivity index (χ2v) is 6.70. The molecule has 0 aliphatic carbocycles. The highest BCUT2D eigenvalue weighted by Gasteiger charge is 2.49. The molecule has 10 heteroatoms. The zero-order valence-corrected chi connectivity index (χ0v) is 16.6. The molecule has 2 aliphatic heterocycles. The maximum absolute atomic E-state index is 12.6. The molecule has 2 aliphatic rings. The summed E-state index contributed by atoms with van der Waals surface area (Å²) in [6, 6.07) is 10.5. The lowest BCUT2D eigenvalue weighted by atomic mass is 10.3. The molecule has 10 nitrogen and oxygen atoms in total. The highest BCUT2D eigenvalue weighted by molar-refractivity contribution is 6.31. The van der Waals surface area contributed by atoms with Crippen molar-refractivity contribution in [2.45, 2.75) is 19.8 Å². The van der Waals surface area contributed by atoms with Crippen LogP contribution in [0.25, 0.3) is 0 Å². The van der Waals surface area contributed by atoms with E-state index in [9.17, 15) is 14.4 Å². The number of carbonyl (C=O) groups excluding carboxylic acids is 3. The Morgan fingerprint density at radius 1 is 1.17 bits per heavy atom. The molecule has 2 amide bonds. The van der Waals surface area contributed by atoms with Gasteiger partial charge in [-0.25, -0.2) is 9.59 Å². The molecule has 0 bridgehead atoms. The summed E-state index contributed by atoms with van der Waals surface area (Å²) in [5.41, 5.74) is 0.864. The third-order valence-corrected chi connectivity index (χ3v) is 4.89. The fourth-order valence-electron chi connectivity index (χ4n) is 3.45. The molecule has 1 atom stereocenters. The minimum Gasteiger partial charge on any atom is -0.494 e. The Bertz CT molecular complexity index is 1010. The van der Waals surface area contributed by atoms with Gasteiger partial charge in [-0.3, -0.25) is 9.69 Å². The van der Waals surface area contributed by atoms with Crippen LogP contribution in [0.3, 0.4) is 0 Å². The average molecular weight is 413 g/mol. The molecule has 0 N–H and O–H groups in total. The summed E-state index contributed by atoms with van der Waals surface area (Å²) in [4.78, 5) is 40.0. The van der Waals surface area contributed by atoms with Gasteiger partial charge in [0.2, 0.25) is 12.3 Å². The van der Waals surface area contributed by atoms with Crippen molar-refractivity contribution in [1.29, 1.82) is 0 Å². The molecule has 1 saturated heterocycles. The minimum atomic E-state index is -0.740. The largest absolute Gasteiger partial charge is 0.502 e. The zero-order chi connectivity index (χ0) is 21.3. The summed E-state index contributed by atoms with van der Waals surface area (Å²) < 4.78 is 16.6. The molecule has 0 radical (unpaired) electrons. The Labute approximate surface area is 172 Å². The van der Waals surface area contributed by atoms with Gasteiger partial charge in [0.15, 0.2) is 5.76 Å². The quantitative estimate of drug-likeness (QED) is 0.402. The van der Waals surface area contributed by atoms with Crippen LogP contribution >= 0.6 is 0 Å². The van der Waals surface area contributed by atoms with E-state index in [4.69, 9.17) is 9.15 Å². The predicted octanol–water partition coefficient (Wildman–Crippen LogP) is 1.60. The third-order valence-electron chi connectivity index (χ3n) is 4.89. The van der Waals surface area contributed by atoms with E-state index in [0.717, 1.165) is 16.1 Å². The van der Waals surface area contributed by atoms with Crippen molar-refractivity contribution in [3.05, 3.63) is 47.9 Å². The van der Waals surface area contributed by atoms with E-state index in [0.29, 0.717) is 25.5 Å². The first kappa shape index (κ1) is 19.6. The summed E-state index contributed by atoms with van der Waals surface area (Å²) in [5.74, 6) is -0.895. The Kier molecular flexibility index (Phi) is 5.21. The molecule has 1 aromatic heterocycles. The Morgan fingerprint density at radius 2 is 1.90 bits per heavy atom. The Morgan fingerprint density at radius 3 is 2.60 bits per heavy atom. The van der Waals surface area contributed by atoms with Crippen molar-refractivity contribution in [3.8, 4) is 5.75 Å². The maximum Gasteiger partial charge on any atom is 0.502 e. The van der Waals surface area contributed by atoms with Gasteiger partial charge in [0.05, 0.1) is 13.7 Å². The second-order valence-electron chi connectivity index (χ2n) is 6.70. The highest BCUT2D eigenvalue weighted by atomic mass is 16.5. The van der Waals surface area contributed by atoms with Crippen molar-refractivity contribution < 1.29 is 33.0 Å². The number of azo groups is 2. The van der Waals surface area contributed by atoms with E-state index >= 15 is 0 Å². The molecular formula is C20H21N4O6+. The molecule has 3 heterocycles. The van der Waals surface area contributed by atoms with Gasteiger partial charge in [-0.05, 0) is 48.0 Å². The number of esters is 1. The first-order chi connectivity index (χ1) is 14.5. The van der Waals surface area contributed by atoms with Gasteiger partial charge < -0.3 is 18.8 Å². The molecule has 4 rings (SSSR count). The number of nitrogens with zero attached hydrogens (tertiary/aromatic N) is 4. The third kappa shape index (κ3) is 3.51. The number of furan rings is 1. The lowest BCUT2D eigenvalue weighted by Crippen LogP contribution is -2.51. The molecule has 30 heavy (non-hydrogen) atoms. The standard InChI is InChI=1S/C20H21N4O6/c1-3-29-14-6-4-13(5-7-14)22-10-11-23-17(25)18(26)24(21-20(22)23)12-15-8-9-16(30-15)19(27)28-2/h4-9,20H,3,10-12H2,1-2H3/q+1. The number of anilines is 1. The van der Waals surface area contributed by atoms with Gasteiger partial charge >= 0.3 is 17.8 Å². The Hall–Kier alpha value is -3.69. The van der Waals surface area contributed by atoms with Gasteiger partial charge in [-0.1, -0.05) is 0 Å². The number of fused-ring (bicyclic) bond motifs is 1. The summed E-state index contributed by atoms with van der Waals surface area (Å²) in [6.45, 7) is 3.36. The predicted molar refractivity (Wildman–Crippen MR) is 102 cm³/mol. The van der Waals surface area contributed by atoms with E-state index in [2.05, 4.69) is 9.85 Å². The smallest absolute Gasteiger partial charge is 0.494 e. The van der Waals surface area contributed by atoms with Crippen LogP contribution in [0, 0.1) is 0 Å². The van der Waals surface area contributed by atoms with Crippen molar-refractivity contribution in [1.82, 2.24) is 4.90 Å². The van der Waals surface area contributed by atoms with Gasteiger partial charge in [0, 0.05) is 23.9 Å². The summed E-state index contributed by atoms with van der Waals surface area (Å²) in [7, 11) is 1.25. The monoisotopic (exact) mass is 413 g/mol. The Balaban J connectivity index is 1.58. The molecule has 156 valence electrons. The van der Waals surface area contributed by atoms with Gasteiger partial charge in [-0.2, -0.15) is 0 Å². The van der Waals surface area contributed by atoms with Crippen LogP contribution in [-0.4, -0.2) is 60.5 Å². The fourth-order valence-corrected chi connectivity index (χ4v) is 3.45. The SMILES string of the molecule is CCOc1ccc(N2CCN3C(=O)C(=O)[N+](Cc4ccc(C(=O)OC)o4)=NC32)cc1. The summed E-state index contributed by atoms with van der Waals surface area (Å²) in [5, 5.41) is 4.47. The van der Waals surface area contributed by atoms with Crippen LogP contribution in [0.2, 0.25) is 0 Å². The van der Waals surface area contributed by atoms with Gasteiger partial charge in [0.1, 0.15) is 5.75 Å². The number of ether oxygens (including phenoxy) is 2. The normalized spacial score (nSPS) is 18.3. The van der Waals surface area contributed by atoms with Crippen LogP contribution < -0.4 is 9.64 Å². The van der Waals surface area contributed by atoms with Crippen LogP contribution in [0.1, 0.15) is 23.2 Å². The first-order valence-corrected chi connectivity index (χ1v) is 9.51. The fraction of sp³-hybridized carbons (Fsp3) is 0.350. The number of methoxy groups -OCH3 is 1. The summed E-state index contributed by atoms with van der Waals surface area (Å²) >= 11 is 0. The maximum atomic E-state index is 12.6. The topological polar surface area (TPSA) is 105 Å². The molecule has 0 spiro atoms. The molecule has 1 aromatic carbocycles. The van der Waals surface area contributed by atoms with Gasteiger partial charge in [0.25, 0.3) is 6.29 Å². The molecule has 1 fully saturated rings. The lowest BCUT2D eigenvalue weighted by molar-refractivity contribution is -0.536. The highest BCUT2D eigenvalue weighted by Crippen LogP contribution is 2.29. The summed E-state index contributed by atoms with van der Waals surface area (Å²) in [6.07, 6.45) is -0.636. The molecule has 0 saturated carbocycles. The number of hydrogen-bond donors (Lipinski definition) is 0. The van der Waals surface area contributed by atoms with Crippen molar-refractivity contribution >= 4 is 23.5 Å². The number of hydrogen-bond acceptors (Lipinski definition) is 8. The zero-order valence-electron chi connectivity index (χ0n) is 16.6. The lowest BCUT2D eigenvalue weighted by Gasteiger charge is -2.27. The minimum absolute atomic E-state index is 0.0155. The van der Waals surface area contributed by atoms with Crippen LogP contribution in [0.5, 0.6) is 5.75 Å². The van der Waals surface area contributed by atoms with Gasteiger partial charge in [-0.15, -0.1) is 0 Å². The number of amides is 2. The van der Waals surface area contributed by atoms with Crippen LogP contribution in [0.15, 0.2) is 45.9 Å². The number of carbonyl (C=O) groups is 3. The number of rotatable bonds is 6. The average Bonchev–Trinajstić information content (AvgIpc) is 3.39. The van der Waals surface area contributed by atoms with E-state index in [-0.39, 0.29) is 12.3 Å². The first-order valence-electron chi connectivity index (χ1n) is 9.51.